The Balaban J connectivity index is 2.36. The van der Waals surface area contributed by atoms with Crippen LogP contribution in [0.15, 0.2) is 11.8 Å². The molecule has 0 aromatic carbocycles. The van der Waals surface area contributed by atoms with Crippen LogP contribution in [-0.2, 0) is 4.74 Å². The Hall–Kier alpha value is -0.500. The van der Waals surface area contributed by atoms with Gasteiger partial charge < -0.3 is 9.84 Å². The van der Waals surface area contributed by atoms with Crippen molar-refractivity contribution in [3.63, 3.8) is 0 Å². The summed E-state index contributed by atoms with van der Waals surface area (Å²) in [4.78, 5) is 0. The van der Waals surface area contributed by atoms with Crippen molar-refractivity contribution >= 4 is 0 Å². The molecule has 0 aromatic heterocycles. The van der Waals surface area contributed by atoms with Crippen LogP contribution in [0.25, 0.3) is 0 Å². The lowest BCUT2D eigenvalue weighted by Gasteiger charge is -2.17. The van der Waals surface area contributed by atoms with Gasteiger partial charge in [0.25, 0.3) is 0 Å². The maximum Gasteiger partial charge on any atom is 0.0945 e. The molecule has 0 amide bonds. The summed E-state index contributed by atoms with van der Waals surface area (Å²) in [5.41, 5.74) is 0. The van der Waals surface area contributed by atoms with Crippen molar-refractivity contribution in [2.75, 3.05) is 6.61 Å². The van der Waals surface area contributed by atoms with Crippen LogP contribution in [0.4, 0.5) is 0 Å². The molecule has 0 aromatic rings. The lowest BCUT2D eigenvalue weighted by molar-refractivity contribution is 0.118. The Morgan fingerprint density at radius 2 is 2.60 bits per heavy atom. The van der Waals surface area contributed by atoms with E-state index in [9.17, 15) is 5.11 Å². The van der Waals surface area contributed by atoms with Gasteiger partial charge in [-0.1, -0.05) is 0 Å². The number of aliphatic hydroxyl groups excluding tert-OH is 1. The smallest absolute Gasteiger partial charge is 0.0945 e. The molecule has 0 heterocycles. The van der Waals surface area contributed by atoms with Crippen LogP contribution in [0.1, 0.15) is 26.2 Å². The minimum absolute atomic E-state index is 0.174. The number of rotatable bonds is 2. The summed E-state index contributed by atoms with van der Waals surface area (Å²) in [5.74, 6) is 0.959. The second-order valence-corrected chi connectivity index (χ2v) is 2.54. The van der Waals surface area contributed by atoms with Crippen molar-refractivity contribution < 1.29 is 9.84 Å². The molecule has 1 unspecified atom stereocenters. The summed E-state index contributed by atoms with van der Waals surface area (Å²) in [7, 11) is 0. The van der Waals surface area contributed by atoms with Crippen LogP contribution < -0.4 is 0 Å². The van der Waals surface area contributed by atoms with Crippen LogP contribution in [0.5, 0.6) is 0 Å². The zero-order valence-corrected chi connectivity index (χ0v) is 6.34. The maximum atomic E-state index is 9.19. The normalized spacial score (nSPS) is 25.8. The van der Waals surface area contributed by atoms with Gasteiger partial charge in [0.15, 0.2) is 0 Å². The fourth-order valence-electron chi connectivity index (χ4n) is 1.16. The highest BCUT2D eigenvalue weighted by molar-refractivity contribution is 4.99. The van der Waals surface area contributed by atoms with E-state index in [1.165, 1.54) is 0 Å². The molecule has 0 saturated heterocycles. The van der Waals surface area contributed by atoms with E-state index in [-0.39, 0.29) is 6.10 Å². The first-order chi connectivity index (χ1) is 4.83. The number of hydrogen-bond donors (Lipinski definition) is 1. The van der Waals surface area contributed by atoms with Gasteiger partial charge in [0.2, 0.25) is 0 Å². The third kappa shape index (κ3) is 2.03. The molecule has 0 fully saturated rings. The van der Waals surface area contributed by atoms with Gasteiger partial charge in [0.05, 0.1) is 18.5 Å². The van der Waals surface area contributed by atoms with E-state index in [2.05, 4.69) is 6.08 Å². The van der Waals surface area contributed by atoms with E-state index in [0.717, 1.165) is 18.6 Å². The van der Waals surface area contributed by atoms with Gasteiger partial charge in [-0.25, -0.2) is 0 Å². The van der Waals surface area contributed by atoms with Crippen molar-refractivity contribution in [2.24, 2.45) is 0 Å². The van der Waals surface area contributed by atoms with E-state index in [0.29, 0.717) is 13.0 Å². The zero-order chi connectivity index (χ0) is 7.40. The Morgan fingerprint density at radius 3 is 3.20 bits per heavy atom. The summed E-state index contributed by atoms with van der Waals surface area (Å²) in [6.07, 6.45) is 4.43. The Morgan fingerprint density at radius 1 is 1.80 bits per heavy atom. The zero-order valence-electron chi connectivity index (χ0n) is 6.34. The largest absolute Gasteiger partial charge is 0.498 e. The molecule has 1 rings (SSSR count). The molecule has 2 nitrogen and oxygen atoms in total. The van der Waals surface area contributed by atoms with E-state index < -0.39 is 0 Å². The Bertz CT molecular complexity index is 129. The number of ether oxygens (including phenoxy) is 1. The van der Waals surface area contributed by atoms with Crippen LogP contribution in [0.2, 0.25) is 0 Å². The average molecular weight is 142 g/mol. The van der Waals surface area contributed by atoms with Gasteiger partial charge in [-0.3, -0.25) is 0 Å². The fourth-order valence-corrected chi connectivity index (χ4v) is 1.16. The first-order valence-corrected chi connectivity index (χ1v) is 3.83. The fraction of sp³-hybridized carbons (Fsp3) is 0.750. The third-order valence-corrected chi connectivity index (χ3v) is 1.64. The Labute approximate surface area is 61.5 Å². The van der Waals surface area contributed by atoms with Crippen molar-refractivity contribution in [3.05, 3.63) is 11.8 Å². The third-order valence-electron chi connectivity index (χ3n) is 1.64. The molecular weight excluding hydrogens is 128 g/mol. The van der Waals surface area contributed by atoms with Gasteiger partial charge in [0.1, 0.15) is 0 Å². The topological polar surface area (TPSA) is 29.5 Å². The predicted octanol–water partition coefficient (Wildman–Crippen LogP) is 1.45. The second kappa shape index (κ2) is 3.62. The predicted molar refractivity (Wildman–Crippen MR) is 39.6 cm³/mol. The molecular formula is C8H14O2. The molecule has 1 atom stereocenters. The summed E-state index contributed by atoms with van der Waals surface area (Å²) in [6, 6.07) is 0. The number of aliphatic hydroxyl groups is 1. The monoisotopic (exact) mass is 142 g/mol. The molecule has 0 aliphatic heterocycles. The van der Waals surface area contributed by atoms with Crippen molar-refractivity contribution in [1.82, 2.24) is 0 Å². The van der Waals surface area contributed by atoms with Crippen LogP contribution in [0.3, 0.4) is 0 Å². The standard InChI is InChI=1S/C8H14O2/c1-2-10-8-5-3-4-7(9)6-8/h5,7,9H,2-4,6H2,1H3. The molecule has 1 N–H and O–H groups in total. The minimum Gasteiger partial charge on any atom is -0.498 e. The minimum atomic E-state index is -0.174. The molecule has 1 aliphatic rings. The number of allylic oxidation sites excluding steroid dienone is 1. The van der Waals surface area contributed by atoms with E-state index in [4.69, 9.17) is 4.74 Å². The van der Waals surface area contributed by atoms with Crippen LogP contribution in [-0.4, -0.2) is 17.8 Å². The first-order valence-electron chi connectivity index (χ1n) is 3.83. The average Bonchev–Trinajstić information content (AvgIpc) is 1.88. The quantitative estimate of drug-likeness (QED) is 0.632. The van der Waals surface area contributed by atoms with Gasteiger partial charge >= 0.3 is 0 Å². The van der Waals surface area contributed by atoms with Crippen LogP contribution >= 0.6 is 0 Å². The van der Waals surface area contributed by atoms with Gasteiger partial charge in [-0.05, 0) is 25.8 Å². The summed E-state index contributed by atoms with van der Waals surface area (Å²) in [5, 5.41) is 9.19. The van der Waals surface area contributed by atoms with Crippen molar-refractivity contribution in [1.29, 1.82) is 0 Å². The first kappa shape index (κ1) is 7.61. The molecule has 0 saturated carbocycles. The summed E-state index contributed by atoms with van der Waals surface area (Å²) >= 11 is 0. The highest BCUT2D eigenvalue weighted by atomic mass is 16.5. The molecule has 58 valence electrons. The van der Waals surface area contributed by atoms with E-state index in [1.807, 2.05) is 6.92 Å². The maximum absolute atomic E-state index is 9.19. The molecule has 1 aliphatic carbocycles. The van der Waals surface area contributed by atoms with E-state index >= 15 is 0 Å². The van der Waals surface area contributed by atoms with Crippen molar-refractivity contribution in [2.45, 2.75) is 32.3 Å². The highest BCUT2D eigenvalue weighted by Gasteiger charge is 2.12. The summed E-state index contributed by atoms with van der Waals surface area (Å²) < 4.78 is 5.25. The molecule has 0 radical (unpaired) electrons. The molecule has 10 heavy (non-hydrogen) atoms. The lowest BCUT2D eigenvalue weighted by atomic mass is 10.0. The van der Waals surface area contributed by atoms with Crippen molar-refractivity contribution in [3.8, 4) is 0 Å². The molecule has 2 heteroatoms. The van der Waals surface area contributed by atoms with Gasteiger partial charge in [-0.15, -0.1) is 0 Å². The highest BCUT2D eigenvalue weighted by Crippen LogP contribution is 2.18. The lowest BCUT2D eigenvalue weighted by Crippen LogP contribution is -2.12. The Kier molecular flexibility index (Phi) is 2.75. The number of hydrogen-bond acceptors (Lipinski definition) is 2. The second-order valence-electron chi connectivity index (χ2n) is 2.54. The van der Waals surface area contributed by atoms with Crippen LogP contribution in [0, 0.1) is 0 Å². The SMILES string of the molecule is CCOC1=CCCC(O)C1. The van der Waals surface area contributed by atoms with E-state index in [1.54, 1.807) is 0 Å². The van der Waals surface area contributed by atoms with Gasteiger partial charge in [0, 0.05) is 6.42 Å². The molecule has 0 spiro atoms. The summed E-state index contributed by atoms with van der Waals surface area (Å²) in [6.45, 7) is 2.67. The van der Waals surface area contributed by atoms with Gasteiger partial charge in [-0.2, -0.15) is 0 Å². The molecule has 0 bridgehead atoms.